The van der Waals surface area contributed by atoms with Crippen molar-refractivity contribution in [2.75, 3.05) is 5.73 Å². The van der Waals surface area contributed by atoms with Gasteiger partial charge in [0.15, 0.2) is 0 Å². The average Bonchev–Trinajstić information content (AvgIpc) is 2.20. The Morgan fingerprint density at radius 2 is 2.25 bits per heavy atom. The molecule has 1 heterocycles. The monoisotopic (exact) mass is 224 g/mol. The van der Waals surface area contributed by atoms with Crippen molar-refractivity contribution >= 4 is 11.7 Å². The summed E-state index contributed by atoms with van der Waals surface area (Å²) in [5.41, 5.74) is 5.26. The third kappa shape index (κ3) is 2.85. The van der Waals surface area contributed by atoms with Crippen molar-refractivity contribution in [1.82, 2.24) is 4.98 Å². The van der Waals surface area contributed by atoms with Crippen LogP contribution in [-0.2, 0) is 0 Å². The van der Waals surface area contributed by atoms with Crippen LogP contribution in [0.2, 0.25) is 0 Å². The van der Waals surface area contributed by atoms with E-state index < -0.39 is 5.97 Å². The molecule has 1 aromatic rings. The second-order valence-electron chi connectivity index (χ2n) is 4.13. The van der Waals surface area contributed by atoms with Gasteiger partial charge in [0.25, 0.3) is 0 Å². The maximum Gasteiger partial charge on any atom is 0.338 e. The van der Waals surface area contributed by atoms with E-state index >= 15 is 0 Å². The number of nitrogens with zero attached hydrogens (tertiary/aromatic N) is 1. The predicted molar refractivity (Wildman–Crippen MR) is 60.6 cm³/mol. The Morgan fingerprint density at radius 1 is 1.62 bits per heavy atom. The highest BCUT2D eigenvalue weighted by atomic mass is 16.5. The number of anilines is 1. The van der Waals surface area contributed by atoms with E-state index in [1.165, 1.54) is 12.3 Å². The molecule has 88 valence electrons. The molecule has 0 aliphatic rings. The molecule has 0 aliphatic heterocycles. The Balaban J connectivity index is 3.00. The van der Waals surface area contributed by atoms with E-state index in [0.717, 1.165) is 6.42 Å². The molecule has 16 heavy (non-hydrogen) atoms. The van der Waals surface area contributed by atoms with E-state index in [9.17, 15) is 4.79 Å². The average molecular weight is 224 g/mol. The molecule has 0 saturated carbocycles. The van der Waals surface area contributed by atoms with Gasteiger partial charge in [-0.3, -0.25) is 0 Å². The summed E-state index contributed by atoms with van der Waals surface area (Å²) < 4.78 is 5.57. The van der Waals surface area contributed by atoms with Crippen LogP contribution in [0.5, 0.6) is 5.88 Å². The molecule has 0 spiro atoms. The van der Waals surface area contributed by atoms with Crippen LogP contribution in [0.15, 0.2) is 12.3 Å². The topological polar surface area (TPSA) is 85.4 Å². The van der Waals surface area contributed by atoms with Gasteiger partial charge in [-0.05, 0) is 20.3 Å². The molecule has 0 aromatic carbocycles. The first kappa shape index (κ1) is 12.3. The fourth-order valence-electron chi connectivity index (χ4n) is 1.04. The summed E-state index contributed by atoms with van der Waals surface area (Å²) in [7, 11) is 0. The first-order valence-electron chi connectivity index (χ1n) is 5.03. The van der Waals surface area contributed by atoms with Gasteiger partial charge in [0.2, 0.25) is 5.88 Å². The Hall–Kier alpha value is -1.78. The fourth-order valence-corrected chi connectivity index (χ4v) is 1.04. The van der Waals surface area contributed by atoms with Crippen LogP contribution in [0.3, 0.4) is 0 Å². The van der Waals surface area contributed by atoms with Crippen LogP contribution >= 0.6 is 0 Å². The number of carboxylic acid groups (broad SMARTS) is 1. The lowest BCUT2D eigenvalue weighted by molar-refractivity contribution is 0.0693. The molecule has 5 nitrogen and oxygen atoms in total. The van der Waals surface area contributed by atoms with Crippen molar-refractivity contribution in [1.29, 1.82) is 0 Å². The number of aromatic nitrogens is 1. The number of ether oxygens (including phenoxy) is 1. The predicted octanol–water partition coefficient (Wildman–Crippen LogP) is 1.93. The van der Waals surface area contributed by atoms with Gasteiger partial charge in [0.1, 0.15) is 5.60 Å². The maximum atomic E-state index is 10.8. The van der Waals surface area contributed by atoms with Crippen molar-refractivity contribution in [2.45, 2.75) is 32.8 Å². The number of rotatable bonds is 4. The van der Waals surface area contributed by atoms with Crippen molar-refractivity contribution in [2.24, 2.45) is 0 Å². The number of hydrogen-bond donors (Lipinski definition) is 2. The third-order valence-electron chi connectivity index (χ3n) is 2.37. The number of aromatic carboxylic acids is 1. The number of pyridine rings is 1. The summed E-state index contributed by atoms with van der Waals surface area (Å²) in [5.74, 6) is -0.808. The Bertz CT molecular complexity index is 402. The van der Waals surface area contributed by atoms with Crippen LogP contribution in [0.4, 0.5) is 5.69 Å². The van der Waals surface area contributed by atoms with E-state index in [1.54, 1.807) is 0 Å². The molecule has 1 aromatic heterocycles. The summed E-state index contributed by atoms with van der Waals surface area (Å²) in [6.07, 6.45) is 2.09. The largest absolute Gasteiger partial charge is 0.478 e. The van der Waals surface area contributed by atoms with E-state index in [4.69, 9.17) is 15.6 Å². The summed E-state index contributed by atoms with van der Waals surface area (Å²) in [5, 5.41) is 8.88. The van der Waals surface area contributed by atoms with E-state index in [1.807, 2.05) is 20.8 Å². The van der Waals surface area contributed by atoms with Crippen LogP contribution in [0.25, 0.3) is 0 Å². The molecule has 0 aliphatic carbocycles. The summed E-state index contributed by atoms with van der Waals surface area (Å²) in [6.45, 7) is 5.80. The highest BCUT2D eigenvalue weighted by Crippen LogP contribution is 2.22. The van der Waals surface area contributed by atoms with Crippen LogP contribution in [-0.4, -0.2) is 21.7 Å². The van der Waals surface area contributed by atoms with E-state index in [2.05, 4.69) is 4.98 Å². The van der Waals surface area contributed by atoms with Crippen molar-refractivity contribution in [3.8, 4) is 5.88 Å². The molecule has 0 atom stereocenters. The quantitative estimate of drug-likeness (QED) is 0.816. The SMILES string of the molecule is CCC(C)(C)Oc1cc(C(=O)O)c(N)cn1. The zero-order valence-electron chi connectivity index (χ0n) is 9.65. The zero-order chi connectivity index (χ0) is 12.3. The summed E-state index contributed by atoms with van der Waals surface area (Å²) in [6, 6.07) is 1.34. The summed E-state index contributed by atoms with van der Waals surface area (Å²) in [4.78, 5) is 14.8. The first-order valence-corrected chi connectivity index (χ1v) is 5.03. The van der Waals surface area contributed by atoms with Gasteiger partial charge < -0.3 is 15.6 Å². The maximum absolute atomic E-state index is 10.8. The number of hydrogen-bond acceptors (Lipinski definition) is 4. The Kier molecular flexibility index (Phi) is 3.37. The lowest BCUT2D eigenvalue weighted by Crippen LogP contribution is -2.27. The van der Waals surface area contributed by atoms with Gasteiger partial charge in [-0.15, -0.1) is 0 Å². The lowest BCUT2D eigenvalue weighted by atomic mass is 10.1. The normalized spacial score (nSPS) is 11.2. The number of carboxylic acids is 1. The van der Waals surface area contributed by atoms with Crippen LogP contribution in [0.1, 0.15) is 37.6 Å². The van der Waals surface area contributed by atoms with E-state index in [-0.39, 0.29) is 22.7 Å². The third-order valence-corrected chi connectivity index (χ3v) is 2.37. The number of nitrogens with two attached hydrogens (primary N) is 1. The van der Waals surface area contributed by atoms with E-state index in [0.29, 0.717) is 0 Å². The number of carbonyl (C=O) groups is 1. The standard InChI is InChI=1S/C11H16N2O3/c1-4-11(2,3)16-9-5-7(10(14)15)8(12)6-13-9/h5-6H,4,12H2,1-3H3,(H,14,15). The fraction of sp³-hybridized carbons (Fsp3) is 0.455. The molecule has 0 bridgehead atoms. The Morgan fingerprint density at radius 3 is 2.75 bits per heavy atom. The molecule has 0 amide bonds. The van der Waals surface area contributed by atoms with Gasteiger partial charge >= 0.3 is 5.97 Å². The molecule has 3 N–H and O–H groups in total. The molecular formula is C11H16N2O3. The smallest absolute Gasteiger partial charge is 0.338 e. The molecule has 0 fully saturated rings. The van der Waals surface area contributed by atoms with Crippen molar-refractivity contribution in [3.05, 3.63) is 17.8 Å². The molecule has 0 unspecified atom stereocenters. The van der Waals surface area contributed by atoms with Gasteiger partial charge in [0.05, 0.1) is 17.4 Å². The summed E-state index contributed by atoms with van der Waals surface area (Å²) >= 11 is 0. The van der Waals surface area contributed by atoms with Gasteiger partial charge in [0, 0.05) is 6.07 Å². The second kappa shape index (κ2) is 4.38. The van der Waals surface area contributed by atoms with Crippen molar-refractivity contribution < 1.29 is 14.6 Å². The first-order chi connectivity index (χ1) is 7.35. The van der Waals surface area contributed by atoms with Crippen LogP contribution < -0.4 is 10.5 Å². The molecule has 0 saturated heterocycles. The molecule has 5 heteroatoms. The molecule has 1 rings (SSSR count). The van der Waals surface area contributed by atoms with Gasteiger partial charge in [-0.2, -0.15) is 0 Å². The van der Waals surface area contributed by atoms with Gasteiger partial charge in [-0.1, -0.05) is 6.92 Å². The number of nitrogen functional groups attached to an aromatic ring is 1. The zero-order valence-corrected chi connectivity index (χ0v) is 9.65. The highest BCUT2D eigenvalue weighted by molar-refractivity contribution is 5.93. The van der Waals surface area contributed by atoms with Gasteiger partial charge in [-0.25, -0.2) is 9.78 Å². The second-order valence-corrected chi connectivity index (χ2v) is 4.13. The minimum absolute atomic E-state index is 0.0110. The minimum atomic E-state index is -1.08. The van der Waals surface area contributed by atoms with Crippen molar-refractivity contribution in [3.63, 3.8) is 0 Å². The Labute approximate surface area is 94.2 Å². The highest BCUT2D eigenvalue weighted by Gasteiger charge is 2.19. The molecular weight excluding hydrogens is 208 g/mol. The minimum Gasteiger partial charge on any atom is -0.478 e. The lowest BCUT2D eigenvalue weighted by Gasteiger charge is -2.24. The van der Waals surface area contributed by atoms with Crippen LogP contribution in [0, 0.1) is 0 Å². The molecule has 0 radical (unpaired) electrons.